The van der Waals surface area contributed by atoms with Crippen LogP contribution < -0.4 is 5.32 Å². The maximum atomic E-state index is 4.59. The van der Waals surface area contributed by atoms with Crippen LogP contribution in [0.3, 0.4) is 0 Å². The third-order valence-corrected chi connectivity index (χ3v) is 4.29. The van der Waals surface area contributed by atoms with Crippen LogP contribution in [0.4, 0.5) is 0 Å². The van der Waals surface area contributed by atoms with Gasteiger partial charge in [0.2, 0.25) is 0 Å². The fourth-order valence-electron chi connectivity index (χ4n) is 2.02. The lowest BCUT2D eigenvalue weighted by molar-refractivity contribution is 0.578. The van der Waals surface area contributed by atoms with E-state index in [0.717, 1.165) is 6.54 Å². The summed E-state index contributed by atoms with van der Waals surface area (Å²) in [6.07, 6.45) is 11.0. The summed E-state index contributed by atoms with van der Waals surface area (Å²) in [5.74, 6) is 1.18. The molecule has 0 aromatic heterocycles. The summed E-state index contributed by atoms with van der Waals surface area (Å²) in [7, 11) is 0. The van der Waals surface area contributed by atoms with Crippen LogP contribution in [0.15, 0.2) is 4.99 Å². The minimum Gasteiger partial charge on any atom is -0.362 e. The van der Waals surface area contributed by atoms with Crippen molar-refractivity contribution < 1.29 is 0 Å². The minimum atomic E-state index is 0.609. The average molecular weight is 256 g/mol. The van der Waals surface area contributed by atoms with E-state index in [0.29, 0.717) is 6.04 Å². The van der Waals surface area contributed by atoms with Crippen molar-refractivity contribution in [3.8, 4) is 0 Å². The number of amidine groups is 1. The van der Waals surface area contributed by atoms with Gasteiger partial charge in [0.1, 0.15) is 0 Å². The molecule has 1 unspecified atom stereocenters. The fourth-order valence-corrected chi connectivity index (χ4v) is 2.97. The van der Waals surface area contributed by atoms with Gasteiger partial charge in [0.05, 0.1) is 0 Å². The molecular formula is C14H28N2S. The van der Waals surface area contributed by atoms with Gasteiger partial charge >= 0.3 is 0 Å². The third-order valence-electron chi connectivity index (χ3n) is 3.11. The summed E-state index contributed by atoms with van der Waals surface area (Å²) < 4.78 is 0. The molecule has 1 atom stereocenters. The van der Waals surface area contributed by atoms with Gasteiger partial charge in [-0.25, -0.2) is 0 Å². The van der Waals surface area contributed by atoms with Crippen LogP contribution in [0.5, 0.6) is 0 Å². The second kappa shape index (κ2) is 9.81. The Bertz CT molecular complexity index is 216. The predicted molar refractivity (Wildman–Crippen MR) is 80.0 cm³/mol. The summed E-state index contributed by atoms with van der Waals surface area (Å²) in [5.41, 5.74) is 0. The van der Waals surface area contributed by atoms with Crippen molar-refractivity contribution in [3.05, 3.63) is 0 Å². The van der Waals surface area contributed by atoms with Crippen molar-refractivity contribution >= 4 is 16.9 Å². The number of hydrogen-bond acceptors (Lipinski definition) is 2. The molecular weight excluding hydrogens is 228 g/mol. The van der Waals surface area contributed by atoms with E-state index in [2.05, 4.69) is 24.2 Å². The Labute approximate surface area is 111 Å². The summed E-state index contributed by atoms with van der Waals surface area (Å²) in [4.78, 5) is 4.59. The molecule has 17 heavy (non-hydrogen) atoms. The van der Waals surface area contributed by atoms with E-state index in [-0.39, 0.29) is 0 Å². The van der Waals surface area contributed by atoms with Gasteiger partial charge in [-0.05, 0) is 13.3 Å². The monoisotopic (exact) mass is 256 g/mol. The Hall–Kier alpha value is -0.180. The largest absolute Gasteiger partial charge is 0.362 e. The Morgan fingerprint density at radius 3 is 2.35 bits per heavy atom. The quantitative estimate of drug-likeness (QED) is 0.625. The van der Waals surface area contributed by atoms with Gasteiger partial charge in [-0.3, -0.25) is 4.99 Å². The highest BCUT2D eigenvalue weighted by atomic mass is 32.2. The second-order valence-corrected chi connectivity index (χ2v) is 6.03. The van der Waals surface area contributed by atoms with Crippen molar-refractivity contribution in [2.45, 2.75) is 71.3 Å². The molecule has 1 saturated heterocycles. The smallest absolute Gasteiger partial charge is 0.156 e. The van der Waals surface area contributed by atoms with Gasteiger partial charge < -0.3 is 5.32 Å². The maximum absolute atomic E-state index is 4.59. The Morgan fingerprint density at radius 1 is 1.12 bits per heavy atom. The van der Waals surface area contributed by atoms with Gasteiger partial charge in [-0.2, -0.15) is 0 Å². The zero-order valence-electron chi connectivity index (χ0n) is 11.5. The molecule has 0 bridgehead atoms. The fraction of sp³-hybridized carbons (Fsp3) is 0.929. The molecule has 1 aliphatic rings. The van der Waals surface area contributed by atoms with Crippen LogP contribution in [0.2, 0.25) is 0 Å². The summed E-state index contributed by atoms with van der Waals surface area (Å²) >= 11 is 1.87. The first-order valence-corrected chi connectivity index (χ1v) is 8.25. The standard InChI is InChI=1S/C14H28N2S/c1-3-4-5-6-7-8-9-10-11-15-14-16-13(2)12-17-14/h13H,3-12H2,1-2H3,(H,15,16). The molecule has 1 fully saturated rings. The Kier molecular flexibility index (Phi) is 8.59. The van der Waals surface area contributed by atoms with Crippen LogP contribution in [-0.2, 0) is 0 Å². The van der Waals surface area contributed by atoms with Crippen molar-refractivity contribution in [2.24, 2.45) is 4.99 Å². The van der Waals surface area contributed by atoms with Crippen LogP contribution in [-0.4, -0.2) is 23.5 Å². The zero-order valence-corrected chi connectivity index (χ0v) is 12.3. The number of hydrogen-bond donors (Lipinski definition) is 1. The van der Waals surface area contributed by atoms with Gasteiger partial charge in [-0.1, -0.05) is 63.6 Å². The molecule has 1 N–H and O–H groups in total. The molecule has 2 nitrogen and oxygen atoms in total. The van der Waals surface area contributed by atoms with Crippen molar-refractivity contribution in [3.63, 3.8) is 0 Å². The molecule has 3 heteroatoms. The Balaban J connectivity index is 1.84. The molecule has 0 radical (unpaired) electrons. The number of aliphatic imine (C=N–C) groups is 1. The summed E-state index contributed by atoms with van der Waals surface area (Å²) in [6, 6.07) is 0.609. The number of unbranched alkanes of at least 4 members (excludes halogenated alkanes) is 7. The van der Waals surface area contributed by atoms with Crippen LogP contribution in [0.25, 0.3) is 0 Å². The molecule has 0 aromatic carbocycles. The van der Waals surface area contributed by atoms with Crippen LogP contribution >= 0.6 is 11.8 Å². The number of thioether (sulfide) groups is 1. The molecule has 1 rings (SSSR count). The van der Waals surface area contributed by atoms with Crippen LogP contribution in [0, 0.1) is 0 Å². The van der Waals surface area contributed by atoms with Gasteiger partial charge in [0.15, 0.2) is 5.17 Å². The number of nitrogens with one attached hydrogen (secondary N) is 1. The molecule has 0 aliphatic carbocycles. The SMILES string of the molecule is CCCCCCCCCCN=C1NC(C)CS1. The lowest BCUT2D eigenvalue weighted by Gasteiger charge is -2.02. The van der Waals surface area contributed by atoms with E-state index in [9.17, 15) is 0 Å². The van der Waals surface area contributed by atoms with Gasteiger partial charge in [0.25, 0.3) is 0 Å². The summed E-state index contributed by atoms with van der Waals surface area (Å²) in [6.45, 7) is 5.50. The van der Waals surface area contributed by atoms with E-state index >= 15 is 0 Å². The highest BCUT2D eigenvalue weighted by Crippen LogP contribution is 2.13. The van der Waals surface area contributed by atoms with E-state index in [1.54, 1.807) is 0 Å². The maximum Gasteiger partial charge on any atom is 0.156 e. The molecule has 0 spiro atoms. The third kappa shape index (κ3) is 7.69. The highest BCUT2D eigenvalue weighted by molar-refractivity contribution is 8.14. The highest BCUT2D eigenvalue weighted by Gasteiger charge is 2.14. The van der Waals surface area contributed by atoms with E-state index in [1.807, 2.05) is 11.8 Å². The zero-order chi connectivity index (χ0) is 12.3. The van der Waals surface area contributed by atoms with Crippen molar-refractivity contribution in [2.75, 3.05) is 12.3 Å². The normalized spacial score (nSPS) is 22.0. The topological polar surface area (TPSA) is 24.4 Å². The van der Waals surface area contributed by atoms with Crippen molar-refractivity contribution in [1.82, 2.24) is 5.32 Å². The molecule has 0 aromatic rings. The lowest BCUT2D eigenvalue weighted by atomic mass is 10.1. The first-order chi connectivity index (χ1) is 8.33. The van der Waals surface area contributed by atoms with E-state index in [1.165, 1.54) is 62.3 Å². The lowest BCUT2D eigenvalue weighted by Crippen LogP contribution is -2.23. The second-order valence-electron chi connectivity index (χ2n) is 5.02. The predicted octanol–water partition coefficient (Wildman–Crippen LogP) is 4.21. The van der Waals surface area contributed by atoms with E-state index < -0.39 is 0 Å². The number of rotatable bonds is 9. The first-order valence-electron chi connectivity index (χ1n) is 7.26. The van der Waals surface area contributed by atoms with Crippen molar-refractivity contribution in [1.29, 1.82) is 0 Å². The summed E-state index contributed by atoms with van der Waals surface area (Å²) in [5, 5.41) is 4.56. The molecule has 1 aliphatic heterocycles. The van der Waals surface area contributed by atoms with Gasteiger partial charge in [0, 0.05) is 18.3 Å². The molecule has 1 heterocycles. The van der Waals surface area contributed by atoms with Gasteiger partial charge in [-0.15, -0.1) is 0 Å². The van der Waals surface area contributed by atoms with E-state index in [4.69, 9.17) is 0 Å². The van der Waals surface area contributed by atoms with Crippen LogP contribution in [0.1, 0.15) is 65.2 Å². The Morgan fingerprint density at radius 2 is 1.76 bits per heavy atom. The molecule has 100 valence electrons. The molecule has 0 saturated carbocycles. The number of nitrogens with zero attached hydrogens (tertiary/aromatic N) is 1. The minimum absolute atomic E-state index is 0.609. The molecule has 0 amide bonds. The first kappa shape index (κ1) is 14.9. The average Bonchev–Trinajstić information content (AvgIpc) is 2.73.